The zero-order valence-electron chi connectivity index (χ0n) is 10.0. The summed E-state index contributed by atoms with van der Waals surface area (Å²) < 4.78 is 13.5. The van der Waals surface area contributed by atoms with Crippen LogP contribution in [0.2, 0.25) is 5.15 Å². The fraction of sp³-hybridized carbons (Fsp3) is 0.214. The second-order valence-corrected chi connectivity index (χ2v) is 4.57. The summed E-state index contributed by atoms with van der Waals surface area (Å²) in [7, 11) is 0. The normalized spacial score (nSPS) is 12.2. The number of nitrogens with zero attached hydrogens (tertiary/aromatic N) is 1. The molecule has 0 spiro atoms. The number of rotatable bonds is 4. The van der Waals surface area contributed by atoms with Crippen LogP contribution in [0, 0.1) is 5.82 Å². The van der Waals surface area contributed by atoms with E-state index in [0.29, 0.717) is 23.0 Å². The average molecular weight is 265 g/mol. The van der Waals surface area contributed by atoms with E-state index in [9.17, 15) is 4.39 Å². The molecule has 1 heterocycles. The molecule has 18 heavy (non-hydrogen) atoms. The summed E-state index contributed by atoms with van der Waals surface area (Å²) in [4.78, 5) is 4.14. The van der Waals surface area contributed by atoms with Gasteiger partial charge < -0.3 is 5.32 Å². The second kappa shape index (κ2) is 5.83. The van der Waals surface area contributed by atoms with Crippen molar-refractivity contribution in [1.82, 2.24) is 4.98 Å². The summed E-state index contributed by atoms with van der Waals surface area (Å²) in [6.45, 7) is 1.98. The molecule has 0 amide bonds. The van der Waals surface area contributed by atoms with Crippen LogP contribution in [0.15, 0.2) is 42.5 Å². The van der Waals surface area contributed by atoms with Crippen molar-refractivity contribution in [3.63, 3.8) is 0 Å². The number of nitrogens with one attached hydrogen (secondary N) is 1. The highest BCUT2D eigenvalue weighted by Crippen LogP contribution is 2.14. The molecule has 94 valence electrons. The zero-order chi connectivity index (χ0) is 13.0. The summed E-state index contributed by atoms with van der Waals surface area (Å²) in [5.41, 5.74) is 0.694. The van der Waals surface area contributed by atoms with Gasteiger partial charge in [0.2, 0.25) is 0 Å². The Kier molecular flexibility index (Phi) is 4.15. The molecule has 1 aromatic heterocycles. The van der Waals surface area contributed by atoms with Crippen molar-refractivity contribution >= 4 is 17.4 Å². The highest BCUT2D eigenvalue weighted by atomic mass is 35.5. The summed E-state index contributed by atoms with van der Waals surface area (Å²) in [6, 6.07) is 12.2. The zero-order valence-corrected chi connectivity index (χ0v) is 10.8. The first-order valence-corrected chi connectivity index (χ1v) is 6.15. The third-order valence-corrected chi connectivity index (χ3v) is 2.80. The first-order valence-electron chi connectivity index (χ1n) is 5.77. The molecular weight excluding hydrogens is 251 g/mol. The number of anilines is 1. The molecule has 0 saturated heterocycles. The number of hydrogen-bond acceptors (Lipinski definition) is 2. The molecule has 4 heteroatoms. The standard InChI is InChI=1S/C14H14ClFN2/c1-10(9-11-5-2-3-6-12(11)16)17-14-8-4-7-13(15)18-14/h2-8,10H,9H2,1H3,(H,17,18). The highest BCUT2D eigenvalue weighted by Gasteiger charge is 2.07. The Labute approximate surface area is 111 Å². The van der Waals surface area contributed by atoms with Crippen LogP contribution in [0.1, 0.15) is 12.5 Å². The number of hydrogen-bond donors (Lipinski definition) is 1. The summed E-state index contributed by atoms with van der Waals surface area (Å²) in [5, 5.41) is 3.64. The van der Waals surface area contributed by atoms with Crippen LogP contribution in [0.3, 0.4) is 0 Å². The first kappa shape index (κ1) is 12.8. The molecule has 0 radical (unpaired) electrons. The number of pyridine rings is 1. The maximum atomic E-state index is 13.5. The molecule has 0 aliphatic carbocycles. The fourth-order valence-corrected chi connectivity index (χ4v) is 1.95. The van der Waals surface area contributed by atoms with Crippen LogP contribution in [0.25, 0.3) is 0 Å². The van der Waals surface area contributed by atoms with Crippen molar-refractivity contribution < 1.29 is 4.39 Å². The van der Waals surface area contributed by atoms with Crippen molar-refractivity contribution in [3.8, 4) is 0 Å². The van der Waals surface area contributed by atoms with Gasteiger partial charge in [-0.05, 0) is 37.1 Å². The lowest BCUT2D eigenvalue weighted by atomic mass is 10.1. The van der Waals surface area contributed by atoms with Crippen molar-refractivity contribution in [1.29, 1.82) is 0 Å². The Hall–Kier alpha value is -1.61. The van der Waals surface area contributed by atoms with Gasteiger partial charge in [-0.3, -0.25) is 0 Å². The van der Waals surface area contributed by atoms with E-state index in [1.54, 1.807) is 18.2 Å². The van der Waals surface area contributed by atoms with E-state index in [0.717, 1.165) is 0 Å². The smallest absolute Gasteiger partial charge is 0.131 e. The van der Waals surface area contributed by atoms with Crippen LogP contribution in [0.4, 0.5) is 10.2 Å². The number of halogens is 2. The molecule has 0 bridgehead atoms. The molecule has 1 unspecified atom stereocenters. The van der Waals surface area contributed by atoms with Crippen molar-refractivity contribution in [3.05, 3.63) is 59.0 Å². The van der Waals surface area contributed by atoms with Crippen LogP contribution in [0.5, 0.6) is 0 Å². The summed E-state index contributed by atoms with van der Waals surface area (Å²) in [6.07, 6.45) is 0.598. The van der Waals surface area contributed by atoms with Gasteiger partial charge in [0, 0.05) is 6.04 Å². The van der Waals surface area contributed by atoms with Crippen molar-refractivity contribution in [2.24, 2.45) is 0 Å². The minimum atomic E-state index is -0.176. The highest BCUT2D eigenvalue weighted by molar-refractivity contribution is 6.29. The van der Waals surface area contributed by atoms with Gasteiger partial charge in [-0.1, -0.05) is 35.9 Å². The molecule has 0 saturated carbocycles. The Morgan fingerprint density at radius 1 is 1.22 bits per heavy atom. The van der Waals surface area contributed by atoms with Crippen molar-refractivity contribution in [2.75, 3.05) is 5.32 Å². The van der Waals surface area contributed by atoms with E-state index in [4.69, 9.17) is 11.6 Å². The molecule has 1 N–H and O–H groups in total. The molecule has 2 aromatic rings. The lowest BCUT2D eigenvalue weighted by Gasteiger charge is -2.15. The molecule has 0 aliphatic rings. The van der Waals surface area contributed by atoms with Gasteiger partial charge in [-0.15, -0.1) is 0 Å². The second-order valence-electron chi connectivity index (χ2n) is 4.19. The minimum Gasteiger partial charge on any atom is -0.367 e. The average Bonchev–Trinajstić information content (AvgIpc) is 2.32. The monoisotopic (exact) mass is 264 g/mol. The van der Waals surface area contributed by atoms with Gasteiger partial charge in [-0.2, -0.15) is 0 Å². The lowest BCUT2D eigenvalue weighted by Crippen LogP contribution is -2.19. The third kappa shape index (κ3) is 3.44. The van der Waals surface area contributed by atoms with E-state index >= 15 is 0 Å². The Morgan fingerprint density at radius 3 is 2.72 bits per heavy atom. The molecule has 0 fully saturated rings. The van der Waals surface area contributed by atoms with Gasteiger partial charge in [0.1, 0.15) is 16.8 Å². The maximum Gasteiger partial charge on any atom is 0.131 e. The van der Waals surface area contributed by atoms with Crippen LogP contribution in [-0.2, 0) is 6.42 Å². The molecule has 1 aromatic carbocycles. The Morgan fingerprint density at radius 2 is 2.00 bits per heavy atom. The Balaban J connectivity index is 2.01. The maximum absolute atomic E-state index is 13.5. The quantitative estimate of drug-likeness (QED) is 0.847. The van der Waals surface area contributed by atoms with E-state index in [1.165, 1.54) is 6.07 Å². The SMILES string of the molecule is CC(Cc1ccccc1F)Nc1cccc(Cl)n1. The number of aromatic nitrogens is 1. The third-order valence-electron chi connectivity index (χ3n) is 2.59. The van der Waals surface area contributed by atoms with E-state index < -0.39 is 0 Å². The minimum absolute atomic E-state index is 0.0767. The van der Waals surface area contributed by atoms with Gasteiger partial charge in [-0.25, -0.2) is 9.37 Å². The van der Waals surface area contributed by atoms with Gasteiger partial charge in [0.15, 0.2) is 0 Å². The van der Waals surface area contributed by atoms with Crippen molar-refractivity contribution in [2.45, 2.75) is 19.4 Å². The van der Waals surface area contributed by atoms with E-state index in [-0.39, 0.29) is 11.9 Å². The summed E-state index contributed by atoms with van der Waals surface area (Å²) in [5.74, 6) is 0.525. The molecule has 2 nitrogen and oxygen atoms in total. The van der Waals surface area contributed by atoms with Gasteiger partial charge >= 0.3 is 0 Å². The number of benzene rings is 1. The predicted molar refractivity (Wildman–Crippen MR) is 72.4 cm³/mol. The van der Waals surface area contributed by atoms with Crippen LogP contribution >= 0.6 is 11.6 Å². The van der Waals surface area contributed by atoms with Crippen LogP contribution < -0.4 is 5.32 Å². The molecule has 0 aliphatic heterocycles. The predicted octanol–water partition coefficient (Wildman–Crippen LogP) is 3.92. The summed E-state index contributed by atoms with van der Waals surface area (Å²) >= 11 is 5.80. The largest absolute Gasteiger partial charge is 0.367 e. The molecule has 1 atom stereocenters. The topological polar surface area (TPSA) is 24.9 Å². The van der Waals surface area contributed by atoms with Gasteiger partial charge in [0.25, 0.3) is 0 Å². The first-order chi connectivity index (χ1) is 8.65. The molecule has 2 rings (SSSR count). The fourth-order valence-electron chi connectivity index (χ4n) is 1.79. The van der Waals surface area contributed by atoms with E-state index in [1.807, 2.05) is 25.1 Å². The lowest BCUT2D eigenvalue weighted by molar-refractivity contribution is 0.601. The van der Waals surface area contributed by atoms with E-state index in [2.05, 4.69) is 10.3 Å². The van der Waals surface area contributed by atoms with Crippen LogP contribution in [-0.4, -0.2) is 11.0 Å². The Bertz CT molecular complexity index is 531. The van der Waals surface area contributed by atoms with Gasteiger partial charge in [0.05, 0.1) is 0 Å². The molecular formula is C14H14ClFN2.